The Morgan fingerprint density at radius 2 is 2.29 bits per heavy atom. The zero-order chi connectivity index (χ0) is 12.4. The van der Waals surface area contributed by atoms with Crippen molar-refractivity contribution in [3.63, 3.8) is 0 Å². The van der Waals surface area contributed by atoms with Crippen molar-refractivity contribution >= 4 is 40.1 Å². The van der Waals surface area contributed by atoms with Crippen molar-refractivity contribution < 1.29 is 4.79 Å². The van der Waals surface area contributed by atoms with Crippen LogP contribution in [-0.4, -0.2) is 29.9 Å². The second-order valence-electron chi connectivity index (χ2n) is 4.28. The molecule has 2 rings (SSSR count). The van der Waals surface area contributed by atoms with Gasteiger partial charge in [0, 0.05) is 28.3 Å². The van der Waals surface area contributed by atoms with Crippen LogP contribution in [0, 0.1) is 3.57 Å². The van der Waals surface area contributed by atoms with Crippen molar-refractivity contribution in [2.45, 2.75) is 18.9 Å². The number of amides is 1. The molecule has 1 aromatic rings. The van der Waals surface area contributed by atoms with Crippen molar-refractivity contribution in [1.29, 1.82) is 0 Å². The largest absolute Gasteiger partial charge is 0.337 e. The lowest BCUT2D eigenvalue weighted by atomic mass is 10.1. The quantitative estimate of drug-likeness (QED) is 0.778. The molecule has 5 heteroatoms. The first-order valence-corrected chi connectivity index (χ1v) is 7.03. The summed E-state index contributed by atoms with van der Waals surface area (Å²) in [5.74, 6) is 0.0507. The number of piperidine rings is 1. The molecule has 1 aliphatic rings. The van der Waals surface area contributed by atoms with E-state index in [1.54, 1.807) is 12.1 Å². The number of hydrogen-bond acceptors (Lipinski definition) is 2. The van der Waals surface area contributed by atoms with Crippen molar-refractivity contribution in [2.24, 2.45) is 5.73 Å². The minimum Gasteiger partial charge on any atom is -0.337 e. The van der Waals surface area contributed by atoms with Crippen LogP contribution >= 0.6 is 34.2 Å². The van der Waals surface area contributed by atoms with E-state index in [2.05, 4.69) is 22.6 Å². The van der Waals surface area contributed by atoms with E-state index in [0.717, 1.165) is 23.0 Å². The average Bonchev–Trinajstić information content (AvgIpc) is 2.32. The van der Waals surface area contributed by atoms with Gasteiger partial charge in [-0.1, -0.05) is 11.6 Å². The Balaban J connectivity index is 2.15. The first-order chi connectivity index (χ1) is 8.08. The average molecular weight is 365 g/mol. The van der Waals surface area contributed by atoms with Crippen molar-refractivity contribution in [1.82, 2.24) is 4.90 Å². The predicted molar refractivity (Wildman–Crippen MR) is 77.3 cm³/mol. The van der Waals surface area contributed by atoms with Crippen LogP contribution in [0.5, 0.6) is 0 Å². The van der Waals surface area contributed by atoms with Gasteiger partial charge in [-0.2, -0.15) is 0 Å². The van der Waals surface area contributed by atoms with E-state index >= 15 is 0 Å². The molecule has 0 saturated carbocycles. The van der Waals surface area contributed by atoms with Crippen LogP contribution in [0.15, 0.2) is 18.2 Å². The summed E-state index contributed by atoms with van der Waals surface area (Å²) < 4.78 is 0.899. The first kappa shape index (κ1) is 13.1. The minimum absolute atomic E-state index is 0.0507. The Hall–Kier alpha value is -0.330. The van der Waals surface area contributed by atoms with E-state index in [-0.39, 0.29) is 11.9 Å². The van der Waals surface area contributed by atoms with Gasteiger partial charge in [-0.25, -0.2) is 0 Å². The number of rotatable bonds is 1. The van der Waals surface area contributed by atoms with Crippen LogP contribution in [0.4, 0.5) is 0 Å². The highest BCUT2D eigenvalue weighted by atomic mass is 127. The molecule has 1 saturated heterocycles. The normalized spacial score (nSPS) is 20.4. The third kappa shape index (κ3) is 3.11. The Bertz CT molecular complexity index is 439. The topological polar surface area (TPSA) is 46.3 Å². The maximum atomic E-state index is 12.2. The van der Waals surface area contributed by atoms with E-state index in [1.165, 1.54) is 0 Å². The minimum atomic E-state index is 0.0507. The molecule has 1 aliphatic heterocycles. The van der Waals surface area contributed by atoms with Gasteiger partial charge in [0.25, 0.3) is 5.91 Å². The Morgan fingerprint density at radius 3 is 2.94 bits per heavy atom. The number of nitrogens with two attached hydrogens (primary N) is 1. The second-order valence-corrected chi connectivity index (χ2v) is 5.85. The lowest BCUT2D eigenvalue weighted by Gasteiger charge is -2.30. The summed E-state index contributed by atoms with van der Waals surface area (Å²) in [6.45, 7) is 1.45. The van der Waals surface area contributed by atoms with E-state index in [9.17, 15) is 4.79 Å². The molecule has 3 nitrogen and oxygen atoms in total. The van der Waals surface area contributed by atoms with Gasteiger partial charge in [0.2, 0.25) is 0 Å². The summed E-state index contributed by atoms with van der Waals surface area (Å²) in [6, 6.07) is 5.47. The highest BCUT2D eigenvalue weighted by Crippen LogP contribution is 2.21. The molecule has 0 spiro atoms. The zero-order valence-corrected chi connectivity index (χ0v) is 12.2. The van der Waals surface area contributed by atoms with Gasteiger partial charge in [-0.15, -0.1) is 0 Å². The van der Waals surface area contributed by atoms with E-state index in [1.807, 2.05) is 11.0 Å². The highest BCUT2D eigenvalue weighted by Gasteiger charge is 2.22. The molecule has 1 unspecified atom stereocenters. The maximum absolute atomic E-state index is 12.2. The van der Waals surface area contributed by atoms with E-state index < -0.39 is 0 Å². The molecular formula is C12H14ClIN2O. The van der Waals surface area contributed by atoms with Crippen molar-refractivity contribution in [3.05, 3.63) is 32.4 Å². The number of hydrogen-bond donors (Lipinski definition) is 1. The second kappa shape index (κ2) is 5.54. The molecule has 1 aromatic carbocycles. The molecular weight excluding hydrogens is 351 g/mol. The van der Waals surface area contributed by atoms with Gasteiger partial charge in [-0.05, 0) is 53.6 Å². The van der Waals surface area contributed by atoms with Gasteiger partial charge in [0.15, 0.2) is 0 Å². The lowest BCUT2D eigenvalue weighted by molar-refractivity contribution is 0.0709. The molecule has 17 heavy (non-hydrogen) atoms. The number of halogens is 2. The van der Waals surface area contributed by atoms with E-state index in [4.69, 9.17) is 17.3 Å². The summed E-state index contributed by atoms with van der Waals surface area (Å²) in [5, 5.41) is 0.678. The highest BCUT2D eigenvalue weighted by molar-refractivity contribution is 14.1. The summed E-state index contributed by atoms with van der Waals surface area (Å²) in [5.41, 5.74) is 6.57. The Morgan fingerprint density at radius 1 is 1.53 bits per heavy atom. The fourth-order valence-electron chi connectivity index (χ4n) is 2.01. The van der Waals surface area contributed by atoms with Crippen molar-refractivity contribution in [3.8, 4) is 0 Å². The molecule has 1 atom stereocenters. The molecule has 0 radical (unpaired) electrons. The number of carbonyl (C=O) groups excluding carboxylic acids is 1. The fraction of sp³-hybridized carbons (Fsp3) is 0.417. The Kier molecular flexibility index (Phi) is 4.27. The molecule has 1 amide bonds. The molecule has 92 valence electrons. The van der Waals surface area contributed by atoms with Crippen molar-refractivity contribution in [2.75, 3.05) is 13.1 Å². The monoisotopic (exact) mass is 364 g/mol. The van der Waals surface area contributed by atoms with Gasteiger partial charge in [-0.3, -0.25) is 4.79 Å². The first-order valence-electron chi connectivity index (χ1n) is 5.58. The van der Waals surface area contributed by atoms with Gasteiger partial charge in [0.05, 0.1) is 5.02 Å². The summed E-state index contributed by atoms with van der Waals surface area (Å²) in [4.78, 5) is 14.1. The molecule has 0 aliphatic carbocycles. The fourth-order valence-corrected chi connectivity index (χ4v) is 2.64. The van der Waals surface area contributed by atoms with Gasteiger partial charge < -0.3 is 10.6 Å². The number of benzene rings is 1. The third-order valence-corrected chi connectivity index (χ3v) is 4.45. The third-order valence-electron chi connectivity index (χ3n) is 2.91. The lowest BCUT2D eigenvalue weighted by Crippen LogP contribution is -2.45. The van der Waals surface area contributed by atoms with Crippen LogP contribution in [-0.2, 0) is 0 Å². The molecule has 1 heterocycles. The standard InChI is InChI=1S/C12H14ClIN2O/c13-10-4-3-8(6-11(10)14)12(17)16-5-1-2-9(15)7-16/h3-4,6,9H,1-2,5,7,15H2. The summed E-state index contributed by atoms with van der Waals surface area (Å²) in [7, 11) is 0. The van der Waals surface area contributed by atoms with Gasteiger partial charge in [0.1, 0.15) is 0 Å². The smallest absolute Gasteiger partial charge is 0.253 e. The number of carbonyl (C=O) groups is 1. The zero-order valence-electron chi connectivity index (χ0n) is 9.33. The summed E-state index contributed by atoms with van der Waals surface area (Å²) in [6.07, 6.45) is 1.99. The van der Waals surface area contributed by atoms with Crippen LogP contribution in [0.2, 0.25) is 5.02 Å². The van der Waals surface area contributed by atoms with E-state index in [0.29, 0.717) is 17.1 Å². The van der Waals surface area contributed by atoms with Crippen LogP contribution in [0.3, 0.4) is 0 Å². The molecule has 0 aromatic heterocycles. The van der Waals surface area contributed by atoms with Crippen LogP contribution in [0.25, 0.3) is 0 Å². The summed E-state index contributed by atoms with van der Waals surface area (Å²) >= 11 is 8.07. The van der Waals surface area contributed by atoms with Gasteiger partial charge >= 0.3 is 0 Å². The number of nitrogens with zero attached hydrogens (tertiary/aromatic N) is 1. The maximum Gasteiger partial charge on any atom is 0.253 e. The predicted octanol–water partition coefficient (Wildman–Crippen LogP) is 2.51. The molecule has 0 bridgehead atoms. The molecule has 1 fully saturated rings. The molecule has 2 N–H and O–H groups in total. The Labute approximate surface area is 119 Å². The SMILES string of the molecule is NC1CCCN(C(=O)c2ccc(Cl)c(I)c2)C1. The van der Waals surface area contributed by atoms with Crippen LogP contribution in [0.1, 0.15) is 23.2 Å². The van der Waals surface area contributed by atoms with Crippen LogP contribution < -0.4 is 5.73 Å². The number of likely N-dealkylation sites (tertiary alicyclic amines) is 1.